The maximum Gasteiger partial charge on any atom is 0.233 e. The molecule has 1 aromatic carbocycles. The lowest BCUT2D eigenvalue weighted by atomic mass is 9.74. The molecule has 2 aliphatic heterocycles. The third-order valence-corrected chi connectivity index (χ3v) is 5.28. The number of nitrogens with one attached hydrogen (secondary N) is 1. The minimum Gasteiger partial charge on any atom is -0.317 e. The van der Waals surface area contributed by atoms with Crippen LogP contribution in [0.25, 0.3) is 0 Å². The van der Waals surface area contributed by atoms with E-state index < -0.39 is 0 Å². The molecule has 21 heavy (non-hydrogen) atoms. The van der Waals surface area contributed by atoms with Gasteiger partial charge in [0, 0.05) is 12.2 Å². The number of nitrogens with zero attached hydrogens (tertiary/aromatic N) is 1. The first kappa shape index (κ1) is 14.6. The molecular formula is C18H26N2O. The van der Waals surface area contributed by atoms with E-state index in [1.165, 1.54) is 5.56 Å². The van der Waals surface area contributed by atoms with E-state index in [-0.39, 0.29) is 5.41 Å². The van der Waals surface area contributed by atoms with Gasteiger partial charge in [-0.3, -0.25) is 4.79 Å². The summed E-state index contributed by atoms with van der Waals surface area (Å²) in [5, 5.41) is 3.39. The second-order valence-corrected chi connectivity index (χ2v) is 6.74. The summed E-state index contributed by atoms with van der Waals surface area (Å²) in [7, 11) is 0. The van der Waals surface area contributed by atoms with Crippen LogP contribution in [0.4, 0.5) is 5.69 Å². The molecule has 114 valence electrons. The Morgan fingerprint density at radius 2 is 2.05 bits per heavy atom. The van der Waals surface area contributed by atoms with Crippen molar-refractivity contribution in [2.75, 3.05) is 24.5 Å². The molecule has 0 aromatic heterocycles. The fourth-order valence-corrected chi connectivity index (χ4v) is 3.90. The average molecular weight is 286 g/mol. The average Bonchev–Trinajstić information content (AvgIpc) is 2.54. The lowest BCUT2D eigenvalue weighted by Crippen LogP contribution is -2.51. The van der Waals surface area contributed by atoms with Crippen molar-refractivity contribution in [1.29, 1.82) is 0 Å². The Morgan fingerprint density at radius 3 is 2.76 bits per heavy atom. The molecule has 1 atom stereocenters. The van der Waals surface area contributed by atoms with Gasteiger partial charge in [-0.05, 0) is 56.3 Å². The summed E-state index contributed by atoms with van der Waals surface area (Å²) in [4.78, 5) is 15.4. The Kier molecular flexibility index (Phi) is 4.03. The molecule has 1 N–H and O–H groups in total. The van der Waals surface area contributed by atoms with Gasteiger partial charge in [0.15, 0.2) is 0 Å². The van der Waals surface area contributed by atoms with E-state index in [9.17, 15) is 4.79 Å². The van der Waals surface area contributed by atoms with Crippen LogP contribution < -0.4 is 10.2 Å². The minimum absolute atomic E-state index is 0.157. The van der Waals surface area contributed by atoms with Crippen LogP contribution in [-0.2, 0) is 11.2 Å². The molecule has 2 heterocycles. The number of benzene rings is 1. The predicted octanol–water partition coefficient (Wildman–Crippen LogP) is 2.99. The number of fused-ring (bicyclic) bond motifs is 1. The third-order valence-electron chi connectivity index (χ3n) is 5.28. The summed E-state index contributed by atoms with van der Waals surface area (Å²) in [5.74, 6) is 0.893. The lowest BCUT2D eigenvalue weighted by Gasteiger charge is -2.42. The maximum absolute atomic E-state index is 13.3. The number of carbonyl (C=O) groups is 1. The van der Waals surface area contributed by atoms with Gasteiger partial charge in [0.05, 0.1) is 5.41 Å². The molecule has 1 amide bonds. The Morgan fingerprint density at radius 1 is 1.33 bits per heavy atom. The second kappa shape index (κ2) is 5.80. The van der Waals surface area contributed by atoms with Gasteiger partial charge in [0.2, 0.25) is 5.91 Å². The third kappa shape index (κ3) is 2.59. The van der Waals surface area contributed by atoms with Gasteiger partial charge in [-0.1, -0.05) is 32.0 Å². The SMILES string of the molecule is CCC1(C(=O)N2CC(C)Cc3ccccc32)CCNCC1. The molecule has 1 unspecified atom stereocenters. The molecule has 3 nitrogen and oxygen atoms in total. The highest BCUT2D eigenvalue weighted by Gasteiger charge is 2.42. The van der Waals surface area contributed by atoms with E-state index in [1.54, 1.807) is 0 Å². The Bertz CT molecular complexity index is 520. The van der Waals surface area contributed by atoms with E-state index in [0.29, 0.717) is 11.8 Å². The molecule has 2 aliphatic rings. The summed E-state index contributed by atoms with van der Waals surface area (Å²) in [6.45, 7) is 7.21. The highest BCUT2D eigenvalue weighted by molar-refractivity contribution is 5.98. The van der Waals surface area contributed by atoms with E-state index in [0.717, 1.165) is 51.0 Å². The first-order valence-electron chi connectivity index (χ1n) is 8.27. The normalized spacial score (nSPS) is 24.5. The van der Waals surface area contributed by atoms with Crippen LogP contribution in [0.5, 0.6) is 0 Å². The molecule has 0 radical (unpaired) electrons. The molecule has 0 saturated carbocycles. The van der Waals surface area contributed by atoms with Crippen molar-refractivity contribution in [2.45, 2.75) is 39.5 Å². The second-order valence-electron chi connectivity index (χ2n) is 6.74. The van der Waals surface area contributed by atoms with Crippen LogP contribution in [0.1, 0.15) is 38.7 Å². The fourth-order valence-electron chi connectivity index (χ4n) is 3.90. The molecule has 0 aliphatic carbocycles. The molecule has 1 fully saturated rings. The number of carbonyl (C=O) groups excluding carboxylic acids is 1. The summed E-state index contributed by atoms with van der Waals surface area (Å²) >= 11 is 0. The molecule has 1 aromatic rings. The monoisotopic (exact) mass is 286 g/mol. The summed E-state index contributed by atoms with van der Waals surface area (Å²) < 4.78 is 0. The highest BCUT2D eigenvalue weighted by atomic mass is 16.2. The molecule has 0 bridgehead atoms. The molecule has 3 rings (SSSR count). The smallest absolute Gasteiger partial charge is 0.233 e. The van der Waals surface area contributed by atoms with E-state index in [1.807, 2.05) is 0 Å². The summed E-state index contributed by atoms with van der Waals surface area (Å²) in [6, 6.07) is 8.42. The zero-order chi connectivity index (χ0) is 14.9. The van der Waals surface area contributed by atoms with Gasteiger partial charge in [-0.2, -0.15) is 0 Å². The Labute approximate surface area is 127 Å². The van der Waals surface area contributed by atoms with Gasteiger partial charge in [0.1, 0.15) is 0 Å². The van der Waals surface area contributed by atoms with Gasteiger partial charge < -0.3 is 10.2 Å². The fraction of sp³-hybridized carbons (Fsp3) is 0.611. The Balaban J connectivity index is 1.94. The standard InChI is InChI=1S/C18H26N2O/c1-3-18(8-10-19-11-9-18)17(21)20-13-14(2)12-15-6-4-5-7-16(15)20/h4-7,14,19H,3,8-13H2,1-2H3. The number of piperidine rings is 1. The molecule has 0 spiro atoms. The number of rotatable bonds is 2. The van der Waals surface area contributed by atoms with Gasteiger partial charge in [-0.25, -0.2) is 0 Å². The number of anilines is 1. The first-order chi connectivity index (χ1) is 10.2. The number of hydrogen-bond acceptors (Lipinski definition) is 2. The van der Waals surface area contributed by atoms with Gasteiger partial charge >= 0.3 is 0 Å². The first-order valence-corrected chi connectivity index (χ1v) is 8.27. The van der Waals surface area contributed by atoms with Crippen molar-refractivity contribution >= 4 is 11.6 Å². The highest BCUT2D eigenvalue weighted by Crippen LogP contribution is 2.39. The van der Waals surface area contributed by atoms with E-state index >= 15 is 0 Å². The van der Waals surface area contributed by atoms with Crippen molar-refractivity contribution in [2.24, 2.45) is 11.3 Å². The van der Waals surface area contributed by atoms with Crippen LogP contribution in [0, 0.1) is 11.3 Å². The quantitative estimate of drug-likeness (QED) is 0.906. The van der Waals surface area contributed by atoms with Crippen molar-refractivity contribution < 1.29 is 4.79 Å². The number of para-hydroxylation sites is 1. The molecule has 1 saturated heterocycles. The van der Waals surface area contributed by atoms with E-state index in [2.05, 4.69) is 48.3 Å². The van der Waals surface area contributed by atoms with Crippen molar-refractivity contribution in [1.82, 2.24) is 5.32 Å². The van der Waals surface area contributed by atoms with Crippen molar-refractivity contribution in [3.05, 3.63) is 29.8 Å². The Hall–Kier alpha value is -1.35. The number of hydrogen-bond donors (Lipinski definition) is 1. The summed E-state index contributed by atoms with van der Waals surface area (Å²) in [6.07, 6.45) is 3.96. The molecule has 3 heteroatoms. The zero-order valence-electron chi connectivity index (χ0n) is 13.2. The van der Waals surface area contributed by atoms with Crippen LogP contribution in [0.3, 0.4) is 0 Å². The van der Waals surface area contributed by atoms with Crippen molar-refractivity contribution in [3.8, 4) is 0 Å². The largest absolute Gasteiger partial charge is 0.317 e. The predicted molar refractivity (Wildman–Crippen MR) is 86.5 cm³/mol. The van der Waals surface area contributed by atoms with Gasteiger partial charge in [-0.15, -0.1) is 0 Å². The number of amides is 1. The zero-order valence-corrected chi connectivity index (χ0v) is 13.2. The topological polar surface area (TPSA) is 32.3 Å². The van der Waals surface area contributed by atoms with Crippen LogP contribution in [0.2, 0.25) is 0 Å². The van der Waals surface area contributed by atoms with E-state index in [4.69, 9.17) is 0 Å². The minimum atomic E-state index is -0.157. The van der Waals surface area contributed by atoms with Crippen LogP contribution in [0.15, 0.2) is 24.3 Å². The van der Waals surface area contributed by atoms with Crippen LogP contribution in [-0.4, -0.2) is 25.5 Å². The van der Waals surface area contributed by atoms with Gasteiger partial charge in [0.25, 0.3) is 0 Å². The molecular weight excluding hydrogens is 260 g/mol. The van der Waals surface area contributed by atoms with Crippen LogP contribution >= 0.6 is 0 Å². The lowest BCUT2D eigenvalue weighted by molar-refractivity contribution is -0.130. The maximum atomic E-state index is 13.3. The van der Waals surface area contributed by atoms with Crippen molar-refractivity contribution in [3.63, 3.8) is 0 Å². The summed E-state index contributed by atoms with van der Waals surface area (Å²) in [5.41, 5.74) is 2.31.